The first-order valence-corrected chi connectivity index (χ1v) is 7.18. The number of benzene rings is 2. The van der Waals surface area contributed by atoms with Crippen LogP contribution in [0.5, 0.6) is 0 Å². The second-order valence-electron chi connectivity index (χ2n) is 4.17. The maximum Gasteiger partial charge on any atom is 0.142 e. The van der Waals surface area contributed by atoms with Gasteiger partial charge in [0.15, 0.2) is 0 Å². The highest BCUT2D eigenvalue weighted by atomic mass is 79.9. The molecular weight excluding hydrogens is 352 g/mol. The molecule has 2 N–H and O–H groups in total. The maximum absolute atomic E-state index is 13.9. The van der Waals surface area contributed by atoms with Gasteiger partial charge in [0.05, 0.1) is 14.5 Å². The standard InChI is InChI=1S/C14H11BrCl2FN/c15-10-5-2-4-9(14(10)18)12(19)7-8-3-1-6-11(16)13(8)17/h1-6,12H,7,19H2. The Morgan fingerprint density at radius 3 is 2.58 bits per heavy atom. The molecule has 1 atom stereocenters. The van der Waals surface area contributed by atoms with Gasteiger partial charge in [0.1, 0.15) is 5.82 Å². The zero-order valence-electron chi connectivity index (χ0n) is 9.84. The number of halogens is 4. The van der Waals surface area contributed by atoms with Gasteiger partial charge in [0, 0.05) is 11.6 Å². The average molecular weight is 363 g/mol. The van der Waals surface area contributed by atoms with E-state index in [4.69, 9.17) is 28.9 Å². The molecule has 0 spiro atoms. The molecule has 100 valence electrons. The molecule has 2 rings (SSSR count). The summed E-state index contributed by atoms with van der Waals surface area (Å²) < 4.78 is 14.3. The van der Waals surface area contributed by atoms with Gasteiger partial charge in [-0.2, -0.15) is 0 Å². The van der Waals surface area contributed by atoms with Crippen LogP contribution in [0.25, 0.3) is 0 Å². The van der Waals surface area contributed by atoms with E-state index < -0.39 is 6.04 Å². The average Bonchev–Trinajstić information content (AvgIpc) is 2.38. The van der Waals surface area contributed by atoms with Gasteiger partial charge < -0.3 is 5.73 Å². The summed E-state index contributed by atoms with van der Waals surface area (Å²) in [5.41, 5.74) is 7.31. The van der Waals surface area contributed by atoms with Crippen molar-refractivity contribution in [3.63, 3.8) is 0 Å². The van der Waals surface area contributed by atoms with E-state index in [1.807, 2.05) is 6.07 Å². The van der Waals surface area contributed by atoms with Crippen LogP contribution in [0.15, 0.2) is 40.9 Å². The van der Waals surface area contributed by atoms with Crippen molar-refractivity contribution in [3.8, 4) is 0 Å². The summed E-state index contributed by atoms with van der Waals surface area (Å²) in [6, 6.07) is 9.92. The van der Waals surface area contributed by atoms with E-state index in [-0.39, 0.29) is 5.82 Å². The van der Waals surface area contributed by atoms with Crippen molar-refractivity contribution in [2.45, 2.75) is 12.5 Å². The predicted octanol–water partition coefficient (Wildman–Crippen LogP) is 5.14. The first kappa shape index (κ1) is 14.8. The molecule has 0 aliphatic rings. The summed E-state index contributed by atoms with van der Waals surface area (Å²) in [7, 11) is 0. The SMILES string of the molecule is NC(Cc1cccc(Cl)c1Cl)c1cccc(Br)c1F. The molecule has 0 aromatic heterocycles. The van der Waals surface area contributed by atoms with Crippen molar-refractivity contribution in [3.05, 3.63) is 67.9 Å². The van der Waals surface area contributed by atoms with Gasteiger partial charge in [-0.05, 0) is 40.0 Å². The van der Waals surface area contributed by atoms with E-state index in [0.717, 1.165) is 5.56 Å². The van der Waals surface area contributed by atoms with Crippen LogP contribution in [-0.4, -0.2) is 0 Å². The van der Waals surface area contributed by atoms with Crippen molar-refractivity contribution in [2.24, 2.45) is 5.73 Å². The second-order valence-corrected chi connectivity index (χ2v) is 5.81. The molecule has 2 aromatic carbocycles. The minimum Gasteiger partial charge on any atom is -0.324 e. The minimum absolute atomic E-state index is 0.340. The van der Waals surface area contributed by atoms with Crippen LogP contribution in [-0.2, 0) is 6.42 Å². The molecule has 2 aromatic rings. The minimum atomic E-state index is -0.478. The highest BCUT2D eigenvalue weighted by Gasteiger charge is 2.16. The van der Waals surface area contributed by atoms with E-state index in [1.54, 1.807) is 30.3 Å². The fourth-order valence-corrected chi connectivity index (χ4v) is 2.64. The van der Waals surface area contributed by atoms with Crippen molar-refractivity contribution in [2.75, 3.05) is 0 Å². The largest absolute Gasteiger partial charge is 0.324 e. The Bertz CT molecular complexity index is 604. The number of nitrogens with two attached hydrogens (primary N) is 1. The molecule has 0 heterocycles. The number of hydrogen-bond donors (Lipinski definition) is 1. The summed E-state index contributed by atoms with van der Waals surface area (Å²) in [5, 5.41) is 0.941. The lowest BCUT2D eigenvalue weighted by atomic mass is 9.99. The van der Waals surface area contributed by atoms with Crippen molar-refractivity contribution in [1.82, 2.24) is 0 Å². The fourth-order valence-electron chi connectivity index (χ4n) is 1.86. The molecule has 1 unspecified atom stereocenters. The van der Waals surface area contributed by atoms with Crippen LogP contribution in [0, 0.1) is 5.82 Å². The molecule has 0 amide bonds. The Morgan fingerprint density at radius 1 is 1.16 bits per heavy atom. The Hall–Kier alpha value is -0.610. The topological polar surface area (TPSA) is 26.0 Å². The molecule has 5 heteroatoms. The Morgan fingerprint density at radius 2 is 1.84 bits per heavy atom. The van der Waals surface area contributed by atoms with Crippen molar-refractivity contribution >= 4 is 39.1 Å². The lowest BCUT2D eigenvalue weighted by molar-refractivity contribution is 0.575. The molecule has 0 fully saturated rings. The van der Waals surface area contributed by atoms with Crippen molar-refractivity contribution in [1.29, 1.82) is 0 Å². The van der Waals surface area contributed by atoms with Crippen LogP contribution < -0.4 is 5.73 Å². The van der Waals surface area contributed by atoms with Gasteiger partial charge in [-0.3, -0.25) is 0 Å². The zero-order valence-corrected chi connectivity index (χ0v) is 12.9. The van der Waals surface area contributed by atoms with Crippen molar-refractivity contribution < 1.29 is 4.39 Å². The molecule has 0 aliphatic heterocycles. The molecule has 0 radical (unpaired) electrons. The quantitative estimate of drug-likeness (QED) is 0.803. The summed E-state index contributed by atoms with van der Waals surface area (Å²) in [5.74, 6) is -0.340. The predicted molar refractivity (Wildman–Crippen MR) is 81.2 cm³/mol. The summed E-state index contributed by atoms with van der Waals surface area (Å²) in [6.07, 6.45) is 0.423. The highest BCUT2D eigenvalue weighted by Crippen LogP contribution is 2.30. The zero-order chi connectivity index (χ0) is 14.0. The molecule has 0 aliphatic carbocycles. The van der Waals surface area contributed by atoms with Gasteiger partial charge in [-0.15, -0.1) is 0 Å². The second kappa shape index (κ2) is 6.23. The third kappa shape index (κ3) is 3.29. The molecule has 0 bridgehead atoms. The van der Waals surface area contributed by atoms with Crippen LogP contribution in [0.2, 0.25) is 10.0 Å². The third-order valence-electron chi connectivity index (χ3n) is 2.85. The lowest BCUT2D eigenvalue weighted by Gasteiger charge is -2.15. The van der Waals surface area contributed by atoms with E-state index in [9.17, 15) is 4.39 Å². The summed E-state index contributed by atoms with van der Waals surface area (Å²) in [6.45, 7) is 0. The van der Waals surface area contributed by atoms with E-state index in [1.165, 1.54) is 0 Å². The van der Waals surface area contributed by atoms with Gasteiger partial charge in [-0.25, -0.2) is 4.39 Å². The van der Waals surface area contributed by atoms with E-state index in [0.29, 0.717) is 26.5 Å². The van der Waals surface area contributed by atoms with Crippen LogP contribution in [0.1, 0.15) is 17.2 Å². The highest BCUT2D eigenvalue weighted by molar-refractivity contribution is 9.10. The lowest BCUT2D eigenvalue weighted by Crippen LogP contribution is -2.15. The Kier molecular flexibility index (Phi) is 4.85. The molecule has 0 saturated heterocycles. The number of rotatable bonds is 3. The summed E-state index contributed by atoms with van der Waals surface area (Å²) >= 11 is 15.2. The van der Waals surface area contributed by atoms with Crippen LogP contribution in [0.4, 0.5) is 4.39 Å². The van der Waals surface area contributed by atoms with Crippen LogP contribution >= 0.6 is 39.1 Å². The van der Waals surface area contributed by atoms with E-state index >= 15 is 0 Å². The molecule has 1 nitrogen and oxygen atoms in total. The monoisotopic (exact) mass is 361 g/mol. The van der Waals surface area contributed by atoms with Gasteiger partial charge in [-0.1, -0.05) is 47.5 Å². The van der Waals surface area contributed by atoms with Gasteiger partial charge in [0.25, 0.3) is 0 Å². The number of hydrogen-bond acceptors (Lipinski definition) is 1. The van der Waals surface area contributed by atoms with Gasteiger partial charge in [0.2, 0.25) is 0 Å². The maximum atomic E-state index is 13.9. The van der Waals surface area contributed by atoms with Gasteiger partial charge >= 0.3 is 0 Å². The Labute approximate surface area is 129 Å². The molecule has 19 heavy (non-hydrogen) atoms. The first-order chi connectivity index (χ1) is 9.00. The normalized spacial score (nSPS) is 12.5. The fraction of sp³-hybridized carbons (Fsp3) is 0.143. The van der Waals surface area contributed by atoms with E-state index in [2.05, 4.69) is 15.9 Å². The van der Waals surface area contributed by atoms with Crippen LogP contribution in [0.3, 0.4) is 0 Å². The first-order valence-electron chi connectivity index (χ1n) is 5.63. The Balaban J connectivity index is 2.28. The third-order valence-corrected chi connectivity index (χ3v) is 4.32. The summed E-state index contributed by atoms with van der Waals surface area (Å²) in [4.78, 5) is 0. The molecule has 0 saturated carbocycles. The smallest absolute Gasteiger partial charge is 0.142 e. The molecular formula is C14H11BrCl2FN.